The third kappa shape index (κ3) is 4.48. The molecule has 0 aliphatic heterocycles. The largest absolute Gasteiger partial charge is 0.323 e. The number of amides is 2. The lowest BCUT2D eigenvalue weighted by molar-refractivity contribution is 0.262. The quantitative estimate of drug-likeness (QED) is 0.606. The molecule has 2 amide bonds. The molecule has 2 aromatic rings. The fourth-order valence-electron chi connectivity index (χ4n) is 1.56. The number of carbonyl (C=O) groups excluding carboxylic acids is 1. The Morgan fingerprint density at radius 2 is 1.62 bits per heavy atom. The van der Waals surface area contributed by atoms with E-state index in [1.165, 1.54) is 18.2 Å². The summed E-state index contributed by atoms with van der Waals surface area (Å²) in [6.45, 7) is 0. The molecule has 0 aromatic heterocycles. The van der Waals surface area contributed by atoms with E-state index in [1.807, 2.05) is 0 Å². The SMILES string of the molecule is O=C(Nc1cc(Cl)cc(Cl)c1)Nc1c(Cl)cc(F)cc1Br. The molecule has 0 heterocycles. The number of carbonyl (C=O) groups is 1. The van der Waals surface area contributed by atoms with Crippen LogP contribution in [0, 0.1) is 5.82 Å². The molecule has 0 spiro atoms. The van der Waals surface area contributed by atoms with Gasteiger partial charge in [-0.2, -0.15) is 0 Å². The van der Waals surface area contributed by atoms with Crippen molar-refractivity contribution in [3.05, 3.63) is 55.7 Å². The second-order valence-electron chi connectivity index (χ2n) is 3.98. The van der Waals surface area contributed by atoms with E-state index < -0.39 is 11.8 Å². The van der Waals surface area contributed by atoms with Gasteiger partial charge in [0.15, 0.2) is 0 Å². The number of nitrogens with one attached hydrogen (secondary N) is 2. The lowest BCUT2D eigenvalue weighted by Crippen LogP contribution is -2.20. The maximum atomic E-state index is 13.1. The molecule has 2 rings (SSSR count). The minimum Gasteiger partial charge on any atom is -0.308 e. The topological polar surface area (TPSA) is 41.1 Å². The summed E-state index contributed by atoms with van der Waals surface area (Å²) in [5, 5.41) is 5.91. The molecule has 0 saturated carbocycles. The number of halogens is 5. The standard InChI is InChI=1S/C13H7BrCl3FN2O/c14-10-4-8(18)5-11(17)12(10)20-13(21)19-9-2-6(15)1-7(16)3-9/h1-5H,(H2,19,20,21). The number of benzene rings is 2. The zero-order valence-electron chi connectivity index (χ0n) is 10.2. The average molecular weight is 412 g/mol. The van der Waals surface area contributed by atoms with E-state index >= 15 is 0 Å². The van der Waals surface area contributed by atoms with E-state index in [0.717, 1.165) is 6.07 Å². The highest BCUT2D eigenvalue weighted by Crippen LogP contribution is 2.32. The fourth-order valence-corrected chi connectivity index (χ4v) is 2.99. The molecular weight excluding hydrogens is 405 g/mol. The summed E-state index contributed by atoms with van der Waals surface area (Å²) in [4.78, 5) is 11.9. The predicted molar refractivity (Wildman–Crippen MR) is 88.2 cm³/mol. The molecule has 2 aromatic carbocycles. The van der Waals surface area contributed by atoms with Crippen LogP contribution in [0.5, 0.6) is 0 Å². The Bertz CT molecular complexity index is 669. The Hall–Kier alpha value is -1.01. The van der Waals surface area contributed by atoms with Gasteiger partial charge in [-0.05, 0) is 46.3 Å². The Kier molecular flexibility index (Phi) is 5.32. The van der Waals surface area contributed by atoms with Crippen LogP contribution in [-0.4, -0.2) is 6.03 Å². The molecular formula is C13H7BrCl3FN2O. The Morgan fingerprint density at radius 1 is 1.00 bits per heavy atom. The Morgan fingerprint density at radius 3 is 2.19 bits per heavy atom. The average Bonchev–Trinajstić information content (AvgIpc) is 2.32. The maximum absolute atomic E-state index is 13.1. The number of hydrogen-bond acceptors (Lipinski definition) is 1. The molecule has 110 valence electrons. The second kappa shape index (κ2) is 6.83. The molecule has 0 aliphatic rings. The first kappa shape index (κ1) is 16.4. The first-order valence-electron chi connectivity index (χ1n) is 5.54. The predicted octanol–water partition coefficient (Wildman–Crippen LogP) is 6.19. The van der Waals surface area contributed by atoms with E-state index in [2.05, 4.69) is 26.6 Å². The van der Waals surface area contributed by atoms with Crippen LogP contribution >= 0.6 is 50.7 Å². The van der Waals surface area contributed by atoms with Crippen LogP contribution in [0.25, 0.3) is 0 Å². The van der Waals surface area contributed by atoms with Gasteiger partial charge in [-0.3, -0.25) is 0 Å². The first-order valence-corrected chi connectivity index (χ1v) is 7.46. The molecule has 0 saturated heterocycles. The van der Waals surface area contributed by atoms with Crippen molar-refractivity contribution in [3.8, 4) is 0 Å². The van der Waals surface area contributed by atoms with Crippen molar-refractivity contribution < 1.29 is 9.18 Å². The van der Waals surface area contributed by atoms with Gasteiger partial charge in [-0.15, -0.1) is 0 Å². The van der Waals surface area contributed by atoms with E-state index in [4.69, 9.17) is 34.8 Å². The van der Waals surface area contributed by atoms with Gasteiger partial charge >= 0.3 is 6.03 Å². The van der Waals surface area contributed by atoms with Crippen molar-refractivity contribution in [2.45, 2.75) is 0 Å². The molecule has 0 fully saturated rings. The summed E-state index contributed by atoms with van der Waals surface area (Å²) in [5.41, 5.74) is 0.669. The normalized spacial score (nSPS) is 10.3. The summed E-state index contributed by atoms with van der Waals surface area (Å²) in [7, 11) is 0. The molecule has 0 radical (unpaired) electrons. The van der Waals surface area contributed by atoms with Gasteiger partial charge < -0.3 is 10.6 Å². The summed E-state index contributed by atoms with van der Waals surface area (Å²) < 4.78 is 13.4. The van der Waals surface area contributed by atoms with Gasteiger partial charge in [0, 0.05) is 20.2 Å². The zero-order chi connectivity index (χ0) is 15.6. The first-order chi connectivity index (χ1) is 9.85. The molecule has 3 nitrogen and oxygen atoms in total. The Labute approximate surface area is 143 Å². The van der Waals surface area contributed by atoms with E-state index in [0.29, 0.717) is 20.2 Å². The molecule has 0 aliphatic carbocycles. The van der Waals surface area contributed by atoms with Crippen molar-refractivity contribution in [3.63, 3.8) is 0 Å². The van der Waals surface area contributed by atoms with Crippen molar-refractivity contribution in [1.29, 1.82) is 0 Å². The molecule has 0 bridgehead atoms. The highest BCUT2D eigenvalue weighted by Gasteiger charge is 2.12. The van der Waals surface area contributed by atoms with Gasteiger partial charge in [0.1, 0.15) is 5.82 Å². The van der Waals surface area contributed by atoms with Gasteiger partial charge in [-0.1, -0.05) is 34.8 Å². The second-order valence-corrected chi connectivity index (χ2v) is 6.12. The minimum atomic E-state index is -0.567. The van der Waals surface area contributed by atoms with Gasteiger partial charge in [0.25, 0.3) is 0 Å². The Balaban J connectivity index is 2.15. The van der Waals surface area contributed by atoms with Gasteiger partial charge in [0.2, 0.25) is 0 Å². The number of hydrogen-bond donors (Lipinski definition) is 2. The maximum Gasteiger partial charge on any atom is 0.323 e. The van der Waals surface area contributed by atoms with Crippen LogP contribution in [0.1, 0.15) is 0 Å². The van der Waals surface area contributed by atoms with Crippen LogP contribution in [0.2, 0.25) is 15.1 Å². The summed E-state index contributed by atoms with van der Waals surface area (Å²) >= 11 is 20.7. The van der Waals surface area contributed by atoms with E-state index in [-0.39, 0.29) is 10.7 Å². The van der Waals surface area contributed by atoms with Crippen molar-refractivity contribution >= 4 is 68.1 Å². The summed E-state index contributed by atoms with van der Waals surface area (Å²) in [6.07, 6.45) is 0. The molecule has 8 heteroatoms. The monoisotopic (exact) mass is 410 g/mol. The highest BCUT2D eigenvalue weighted by atomic mass is 79.9. The molecule has 2 N–H and O–H groups in total. The van der Waals surface area contributed by atoms with Crippen molar-refractivity contribution in [2.24, 2.45) is 0 Å². The third-order valence-corrected chi connectivity index (χ3v) is 3.73. The number of urea groups is 1. The van der Waals surface area contributed by atoms with Crippen LogP contribution in [0.4, 0.5) is 20.6 Å². The third-order valence-electron chi connectivity index (χ3n) is 2.37. The summed E-state index contributed by atoms with van der Waals surface area (Å²) in [5.74, 6) is -0.514. The van der Waals surface area contributed by atoms with Crippen LogP contribution in [0.3, 0.4) is 0 Å². The zero-order valence-corrected chi connectivity index (χ0v) is 14.0. The fraction of sp³-hybridized carbons (Fsp3) is 0. The number of rotatable bonds is 2. The molecule has 0 atom stereocenters. The van der Waals surface area contributed by atoms with E-state index in [9.17, 15) is 9.18 Å². The van der Waals surface area contributed by atoms with Gasteiger partial charge in [0.05, 0.1) is 10.7 Å². The van der Waals surface area contributed by atoms with Gasteiger partial charge in [-0.25, -0.2) is 9.18 Å². The molecule has 0 unspecified atom stereocenters. The van der Waals surface area contributed by atoms with Crippen LogP contribution in [-0.2, 0) is 0 Å². The number of anilines is 2. The highest BCUT2D eigenvalue weighted by molar-refractivity contribution is 9.10. The van der Waals surface area contributed by atoms with E-state index in [1.54, 1.807) is 6.07 Å². The van der Waals surface area contributed by atoms with Crippen molar-refractivity contribution in [1.82, 2.24) is 0 Å². The lowest BCUT2D eigenvalue weighted by atomic mass is 10.3. The minimum absolute atomic E-state index is 0.0705. The summed E-state index contributed by atoms with van der Waals surface area (Å²) in [6, 6.07) is 6.33. The lowest BCUT2D eigenvalue weighted by Gasteiger charge is -2.11. The van der Waals surface area contributed by atoms with Crippen LogP contribution in [0.15, 0.2) is 34.8 Å². The van der Waals surface area contributed by atoms with Crippen molar-refractivity contribution in [2.75, 3.05) is 10.6 Å². The smallest absolute Gasteiger partial charge is 0.308 e. The van der Waals surface area contributed by atoms with Crippen LogP contribution < -0.4 is 10.6 Å². The molecule has 21 heavy (non-hydrogen) atoms.